The van der Waals surface area contributed by atoms with Crippen LogP contribution in [0.15, 0.2) is 12.2 Å². The number of esters is 2. The van der Waals surface area contributed by atoms with Gasteiger partial charge >= 0.3 is 11.9 Å². The van der Waals surface area contributed by atoms with Gasteiger partial charge in [0.15, 0.2) is 17.0 Å². The molecule has 0 radical (unpaired) electrons. The number of carbonyl (C=O) groups is 4. The highest BCUT2D eigenvalue weighted by Gasteiger charge is 2.54. The van der Waals surface area contributed by atoms with Crippen LogP contribution in [0.2, 0.25) is 0 Å². The van der Waals surface area contributed by atoms with Crippen LogP contribution in [0.1, 0.15) is 33.1 Å². The average molecular weight is 282 g/mol. The van der Waals surface area contributed by atoms with Gasteiger partial charge in [-0.3, -0.25) is 14.4 Å². The maximum absolute atomic E-state index is 12.2. The van der Waals surface area contributed by atoms with Crippen LogP contribution in [0.4, 0.5) is 0 Å². The lowest BCUT2D eigenvalue weighted by Gasteiger charge is -2.21. The van der Waals surface area contributed by atoms with Gasteiger partial charge in [-0.15, -0.1) is 0 Å². The molecule has 1 aliphatic rings. The van der Waals surface area contributed by atoms with Gasteiger partial charge in [-0.2, -0.15) is 0 Å². The van der Waals surface area contributed by atoms with Crippen LogP contribution in [0.25, 0.3) is 0 Å². The Morgan fingerprint density at radius 3 is 2.30 bits per heavy atom. The van der Waals surface area contributed by atoms with Gasteiger partial charge in [0.2, 0.25) is 0 Å². The molecule has 6 nitrogen and oxygen atoms in total. The molecule has 0 unspecified atom stereocenters. The maximum Gasteiger partial charge on any atom is 0.330 e. The topological polar surface area (TPSA) is 86.7 Å². The standard InChI is InChI=1S/C14H18O6/c1-3-19-12(17)8-7-11(16)14(13(18)20-4-2)9-5-6-10(14)15/h7-8H,3-6,9H2,1-2H3/b8-7+/t14-/m0/s1. The highest BCUT2D eigenvalue weighted by molar-refractivity contribution is 6.26. The maximum atomic E-state index is 12.2. The number of rotatable bonds is 6. The summed E-state index contributed by atoms with van der Waals surface area (Å²) in [5.74, 6) is -2.69. The van der Waals surface area contributed by atoms with Crippen molar-refractivity contribution in [3.8, 4) is 0 Å². The Morgan fingerprint density at radius 1 is 1.15 bits per heavy atom. The Balaban J connectivity index is 2.95. The second-order valence-corrected chi connectivity index (χ2v) is 4.35. The smallest absolute Gasteiger partial charge is 0.330 e. The molecule has 0 aromatic heterocycles. The molecule has 0 aromatic rings. The summed E-state index contributed by atoms with van der Waals surface area (Å²) in [6.07, 6.45) is 2.60. The second-order valence-electron chi connectivity index (χ2n) is 4.35. The minimum atomic E-state index is -1.78. The van der Waals surface area contributed by atoms with Gasteiger partial charge in [0.25, 0.3) is 0 Å². The van der Waals surface area contributed by atoms with Crippen LogP contribution in [0, 0.1) is 5.41 Å². The van der Waals surface area contributed by atoms with E-state index in [4.69, 9.17) is 4.74 Å². The number of ketones is 2. The molecule has 1 atom stereocenters. The molecule has 0 N–H and O–H groups in total. The zero-order valence-electron chi connectivity index (χ0n) is 11.6. The molecule has 1 fully saturated rings. The van der Waals surface area contributed by atoms with Crippen LogP contribution in [0.3, 0.4) is 0 Å². The summed E-state index contributed by atoms with van der Waals surface area (Å²) in [5, 5.41) is 0. The van der Waals surface area contributed by atoms with E-state index in [0.717, 1.165) is 12.2 Å². The lowest BCUT2D eigenvalue weighted by atomic mass is 9.80. The summed E-state index contributed by atoms with van der Waals surface area (Å²) in [7, 11) is 0. The molecule has 6 heteroatoms. The first-order valence-corrected chi connectivity index (χ1v) is 6.58. The number of Topliss-reactive ketones (excluding diaryl/α,β-unsaturated/α-hetero) is 1. The number of carbonyl (C=O) groups excluding carboxylic acids is 4. The molecule has 1 saturated carbocycles. The third-order valence-corrected chi connectivity index (χ3v) is 3.13. The van der Waals surface area contributed by atoms with Crippen LogP contribution >= 0.6 is 0 Å². The Hall–Kier alpha value is -1.98. The third-order valence-electron chi connectivity index (χ3n) is 3.13. The zero-order valence-corrected chi connectivity index (χ0v) is 11.6. The summed E-state index contributed by atoms with van der Waals surface area (Å²) in [4.78, 5) is 47.3. The summed E-state index contributed by atoms with van der Waals surface area (Å²) < 4.78 is 9.49. The fourth-order valence-corrected chi connectivity index (χ4v) is 2.17. The first-order chi connectivity index (χ1) is 9.48. The number of hydrogen-bond acceptors (Lipinski definition) is 6. The van der Waals surface area contributed by atoms with Gasteiger partial charge < -0.3 is 9.47 Å². The number of hydrogen-bond donors (Lipinski definition) is 0. The summed E-state index contributed by atoms with van der Waals surface area (Å²) >= 11 is 0. The van der Waals surface area contributed by atoms with Gasteiger partial charge in [-0.25, -0.2) is 4.79 Å². The summed E-state index contributed by atoms with van der Waals surface area (Å²) in [6, 6.07) is 0. The van der Waals surface area contributed by atoms with Crippen molar-refractivity contribution in [2.24, 2.45) is 5.41 Å². The Morgan fingerprint density at radius 2 is 1.80 bits per heavy atom. The molecular weight excluding hydrogens is 264 g/mol. The molecule has 20 heavy (non-hydrogen) atoms. The second kappa shape index (κ2) is 6.98. The third kappa shape index (κ3) is 3.12. The van der Waals surface area contributed by atoms with Gasteiger partial charge in [0.1, 0.15) is 0 Å². The highest BCUT2D eigenvalue weighted by atomic mass is 16.5. The van der Waals surface area contributed by atoms with Gasteiger partial charge in [-0.05, 0) is 32.8 Å². The number of allylic oxidation sites excluding steroid dienone is 1. The molecule has 0 heterocycles. The Bertz CT molecular complexity index is 451. The van der Waals surface area contributed by atoms with Crippen LogP contribution in [-0.2, 0) is 28.7 Å². The van der Waals surface area contributed by atoms with Crippen molar-refractivity contribution < 1.29 is 28.7 Å². The monoisotopic (exact) mass is 282 g/mol. The molecule has 0 saturated heterocycles. The van der Waals surface area contributed by atoms with Gasteiger partial charge in [0.05, 0.1) is 13.2 Å². The van der Waals surface area contributed by atoms with Gasteiger partial charge in [0, 0.05) is 12.5 Å². The molecular formula is C14H18O6. The van der Waals surface area contributed by atoms with Crippen molar-refractivity contribution in [3.63, 3.8) is 0 Å². The highest BCUT2D eigenvalue weighted by Crippen LogP contribution is 2.37. The molecule has 1 rings (SSSR count). The molecule has 0 amide bonds. The SMILES string of the molecule is CCOC(=O)/C=C/C(=O)[C@]1(C(=O)OCC)CCCC1=O. The fourth-order valence-electron chi connectivity index (χ4n) is 2.17. The number of ether oxygens (including phenoxy) is 2. The van der Waals surface area contributed by atoms with E-state index in [0.29, 0.717) is 6.42 Å². The average Bonchev–Trinajstić information content (AvgIpc) is 2.79. The molecule has 1 aliphatic carbocycles. The van der Waals surface area contributed by atoms with Crippen LogP contribution < -0.4 is 0 Å². The fraction of sp³-hybridized carbons (Fsp3) is 0.571. The van der Waals surface area contributed by atoms with Crippen molar-refractivity contribution >= 4 is 23.5 Å². The van der Waals surface area contributed by atoms with E-state index < -0.39 is 28.9 Å². The zero-order chi connectivity index (χ0) is 15.2. The molecule has 0 spiro atoms. The molecule has 0 bridgehead atoms. The van der Waals surface area contributed by atoms with Crippen LogP contribution in [-0.4, -0.2) is 36.7 Å². The normalized spacial score (nSPS) is 22.0. The molecule has 0 aliphatic heterocycles. The van der Waals surface area contributed by atoms with E-state index in [1.807, 2.05) is 0 Å². The quantitative estimate of drug-likeness (QED) is 0.410. The van der Waals surface area contributed by atoms with E-state index >= 15 is 0 Å². The largest absolute Gasteiger partial charge is 0.465 e. The minimum absolute atomic E-state index is 0.0860. The predicted octanol–water partition coefficient (Wildman–Crippen LogP) is 0.977. The van der Waals surface area contributed by atoms with Crippen molar-refractivity contribution in [1.29, 1.82) is 0 Å². The Kier molecular flexibility index (Phi) is 5.61. The van der Waals surface area contributed by atoms with E-state index in [2.05, 4.69) is 4.74 Å². The van der Waals surface area contributed by atoms with Gasteiger partial charge in [-0.1, -0.05) is 0 Å². The van der Waals surface area contributed by atoms with Crippen molar-refractivity contribution in [3.05, 3.63) is 12.2 Å². The first-order valence-electron chi connectivity index (χ1n) is 6.58. The van der Waals surface area contributed by atoms with Crippen molar-refractivity contribution in [2.45, 2.75) is 33.1 Å². The lowest BCUT2D eigenvalue weighted by Crippen LogP contribution is -2.43. The van der Waals surface area contributed by atoms with E-state index in [1.165, 1.54) is 0 Å². The first kappa shape index (κ1) is 16.1. The minimum Gasteiger partial charge on any atom is -0.465 e. The predicted molar refractivity (Wildman–Crippen MR) is 68.7 cm³/mol. The summed E-state index contributed by atoms with van der Waals surface area (Å²) in [5.41, 5.74) is -1.78. The summed E-state index contributed by atoms with van der Waals surface area (Å²) in [6.45, 7) is 3.50. The van der Waals surface area contributed by atoms with Crippen molar-refractivity contribution in [2.75, 3.05) is 13.2 Å². The lowest BCUT2D eigenvalue weighted by molar-refractivity contribution is -0.161. The molecule has 0 aromatic carbocycles. The molecule has 110 valence electrons. The Labute approximate surface area is 117 Å². The van der Waals surface area contributed by atoms with Crippen molar-refractivity contribution in [1.82, 2.24) is 0 Å². The van der Waals surface area contributed by atoms with E-state index in [-0.39, 0.29) is 26.1 Å². The van der Waals surface area contributed by atoms with Crippen LogP contribution in [0.5, 0.6) is 0 Å². The van der Waals surface area contributed by atoms with E-state index in [9.17, 15) is 19.2 Å². The van der Waals surface area contributed by atoms with E-state index in [1.54, 1.807) is 13.8 Å².